The Morgan fingerprint density at radius 3 is 2.75 bits per heavy atom. The average Bonchev–Trinajstić information content (AvgIpc) is 2.14. The topological polar surface area (TPSA) is 17.1 Å². The standard InChI is InChI=1S/C7H8O/c1-6-2-3-7(4-6)5-8/h2-6H,1H3. The van der Waals surface area contributed by atoms with Crippen molar-refractivity contribution >= 4 is 6.29 Å². The first-order valence-corrected chi connectivity index (χ1v) is 2.68. The van der Waals surface area contributed by atoms with Crippen LogP contribution in [0.4, 0.5) is 0 Å². The molecule has 1 aliphatic carbocycles. The SMILES string of the molecule is CC1C=CC(C=O)=C1. The fourth-order valence-electron chi connectivity index (χ4n) is 0.756. The van der Waals surface area contributed by atoms with Crippen molar-refractivity contribution in [2.75, 3.05) is 0 Å². The predicted molar refractivity (Wildman–Crippen MR) is 32.5 cm³/mol. The summed E-state index contributed by atoms with van der Waals surface area (Å²) in [4.78, 5) is 10.0. The van der Waals surface area contributed by atoms with Crippen molar-refractivity contribution in [2.24, 2.45) is 5.92 Å². The Kier molecular flexibility index (Phi) is 1.29. The highest BCUT2D eigenvalue weighted by Gasteiger charge is 2.00. The Morgan fingerprint density at radius 2 is 2.50 bits per heavy atom. The van der Waals surface area contributed by atoms with Gasteiger partial charge in [-0.2, -0.15) is 0 Å². The van der Waals surface area contributed by atoms with Crippen LogP contribution in [-0.4, -0.2) is 6.29 Å². The number of carbonyl (C=O) groups is 1. The lowest BCUT2D eigenvalue weighted by Crippen LogP contribution is -1.76. The van der Waals surface area contributed by atoms with Crippen LogP contribution in [0.5, 0.6) is 0 Å². The molecule has 1 atom stereocenters. The van der Waals surface area contributed by atoms with Crippen LogP contribution in [-0.2, 0) is 4.79 Å². The van der Waals surface area contributed by atoms with Gasteiger partial charge in [-0.15, -0.1) is 0 Å². The van der Waals surface area contributed by atoms with Crippen molar-refractivity contribution in [2.45, 2.75) is 6.92 Å². The molecule has 0 aliphatic heterocycles. The van der Waals surface area contributed by atoms with Crippen molar-refractivity contribution in [1.82, 2.24) is 0 Å². The highest BCUT2D eigenvalue weighted by molar-refractivity contribution is 5.78. The molecule has 1 heteroatoms. The molecule has 1 aliphatic rings. The monoisotopic (exact) mass is 108 g/mol. The molecule has 0 fully saturated rings. The normalized spacial score (nSPS) is 25.6. The Morgan fingerprint density at radius 1 is 1.75 bits per heavy atom. The predicted octanol–water partition coefficient (Wildman–Crippen LogP) is 1.32. The van der Waals surface area contributed by atoms with Gasteiger partial charge in [-0.25, -0.2) is 0 Å². The number of hydrogen-bond donors (Lipinski definition) is 0. The second kappa shape index (κ2) is 1.95. The Balaban J connectivity index is 2.72. The molecule has 8 heavy (non-hydrogen) atoms. The zero-order valence-electron chi connectivity index (χ0n) is 4.79. The van der Waals surface area contributed by atoms with E-state index >= 15 is 0 Å². The van der Waals surface area contributed by atoms with Crippen LogP contribution in [0.1, 0.15) is 6.92 Å². The van der Waals surface area contributed by atoms with Crippen LogP contribution < -0.4 is 0 Å². The fraction of sp³-hybridized carbons (Fsp3) is 0.286. The van der Waals surface area contributed by atoms with Crippen LogP contribution in [0.3, 0.4) is 0 Å². The summed E-state index contributed by atoms with van der Waals surface area (Å²) >= 11 is 0. The van der Waals surface area contributed by atoms with Crippen molar-refractivity contribution in [3.05, 3.63) is 23.8 Å². The van der Waals surface area contributed by atoms with Gasteiger partial charge in [0.25, 0.3) is 0 Å². The van der Waals surface area contributed by atoms with Gasteiger partial charge in [-0.3, -0.25) is 4.79 Å². The molecule has 0 heterocycles. The van der Waals surface area contributed by atoms with E-state index in [1.54, 1.807) is 0 Å². The molecule has 0 N–H and O–H groups in total. The third-order valence-electron chi connectivity index (χ3n) is 1.18. The maximum atomic E-state index is 10.0. The van der Waals surface area contributed by atoms with Crippen molar-refractivity contribution < 1.29 is 4.79 Å². The summed E-state index contributed by atoms with van der Waals surface area (Å²) in [6.45, 7) is 2.05. The molecular weight excluding hydrogens is 100 g/mol. The van der Waals surface area contributed by atoms with Gasteiger partial charge >= 0.3 is 0 Å². The molecule has 0 aromatic heterocycles. The minimum atomic E-state index is 0.454. The Hall–Kier alpha value is -0.850. The Bertz CT molecular complexity index is 154. The van der Waals surface area contributed by atoms with Gasteiger partial charge in [0.05, 0.1) is 0 Å². The van der Waals surface area contributed by atoms with Gasteiger partial charge in [0.1, 0.15) is 6.29 Å². The molecule has 0 radical (unpaired) electrons. The van der Waals surface area contributed by atoms with E-state index < -0.39 is 0 Å². The van der Waals surface area contributed by atoms with Gasteiger partial charge in [0.2, 0.25) is 0 Å². The smallest absolute Gasteiger partial charge is 0.149 e. The quantitative estimate of drug-likeness (QED) is 0.463. The Labute approximate surface area is 48.7 Å². The summed E-state index contributed by atoms with van der Waals surface area (Å²) < 4.78 is 0. The maximum absolute atomic E-state index is 10.0. The van der Waals surface area contributed by atoms with E-state index in [0.717, 1.165) is 11.9 Å². The molecule has 42 valence electrons. The first-order valence-electron chi connectivity index (χ1n) is 2.68. The van der Waals surface area contributed by atoms with E-state index in [2.05, 4.69) is 0 Å². The first-order chi connectivity index (χ1) is 3.83. The third kappa shape index (κ3) is 0.861. The average molecular weight is 108 g/mol. The molecule has 0 spiro atoms. The zero-order valence-corrected chi connectivity index (χ0v) is 4.79. The fourth-order valence-corrected chi connectivity index (χ4v) is 0.756. The number of hydrogen-bond acceptors (Lipinski definition) is 1. The number of aldehydes is 1. The molecule has 0 saturated heterocycles. The van der Waals surface area contributed by atoms with Crippen molar-refractivity contribution in [1.29, 1.82) is 0 Å². The lowest BCUT2D eigenvalue weighted by molar-refractivity contribution is -0.104. The molecule has 0 bridgehead atoms. The van der Waals surface area contributed by atoms with Crippen LogP contribution in [0.15, 0.2) is 23.8 Å². The lowest BCUT2D eigenvalue weighted by atomic mass is 10.2. The molecule has 0 aromatic rings. The summed E-state index contributed by atoms with van der Waals surface area (Å²) in [5.74, 6) is 0.454. The summed E-state index contributed by atoms with van der Waals surface area (Å²) in [6, 6.07) is 0. The summed E-state index contributed by atoms with van der Waals surface area (Å²) in [7, 11) is 0. The minimum absolute atomic E-state index is 0.454. The molecule has 0 aromatic carbocycles. The zero-order chi connectivity index (χ0) is 5.98. The van der Waals surface area contributed by atoms with E-state index in [0.29, 0.717) is 5.92 Å². The first kappa shape index (κ1) is 5.29. The molecule has 0 saturated carbocycles. The highest BCUT2D eigenvalue weighted by Crippen LogP contribution is 2.12. The second-order valence-corrected chi connectivity index (χ2v) is 2.00. The molecule has 1 unspecified atom stereocenters. The molecule has 1 rings (SSSR count). The van der Waals surface area contributed by atoms with Gasteiger partial charge in [0.15, 0.2) is 0 Å². The maximum Gasteiger partial charge on any atom is 0.149 e. The van der Waals surface area contributed by atoms with E-state index in [1.165, 1.54) is 0 Å². The van der Waals surface area contributed by atoms with Crippen LogP contribution in [0.25, 0.3) is 0 Å². The summed E-state index contributed by atoms with van der Waals surface area (Å²) in [5, 5.41) is 0. The van der Waals surface area contributed by atoms with E-state index in [1.807, 2.05) is 25.2 Å². The van der Waals surface area contributed by atoms with Crippen LogP contribution >= 0.6 is 0 Å². The van der Waals surface area contributed by atoms with E-state index in [-0.39, 0.29) is 0 Å². The number of rotatable bonds is 1. The second-order valence-electron chi connectivity index (χ2n) is 2.00. The summed E-state index contributed by atoms with van der Waals surface area (Å²) in [6.07, 6.45) is 6.66. The minimum Gasteiger partial charge on any atom is -0.298 e. The largest absolute Gasteiger partial charge is 0.298 e. The number of allylic oxidation sites excluding steroid dienone is 4. The van der Waals surface area contributed by atoms with Crippen LogP contribution in [0.2, 0.25) is 0 Å². The van der Waals surface area contributed by atoms with Gasteiger partial charge in [0, 0.05) is 5.57 Å². The lowest BCUT2D eigenvalue weighted by Gasteiger charge is -1.85. The molecule has 0 amide bonds. The van der Waals surface area contributed by atoms with Gasteiger partial charge in [-0.1, -0.05) is 25.2 Å². The van der Waals surface area contributed by atoms with Crippen molar-refractivity contribution in [3.8, 4) is 0 Å². The highest BCUT2D eigenvalue weighted by atomic mass is 16.1. The van der Waals surface area contributed by atoms with Crippen molar-refractivity contribution in [3.63, 3.8) is 0 Å². The molecule has 1 nitrogen and oxygen atoms in total. The van der Waals surface area contributed by atoms with Gasteiger partial charge < -0.3 is 0 Å². The summed E-state index contributed by atoms with van der Waals surface area (Å²) in [5.41, 5.74) is 0.803. The molecular formula is C7H8O. The van der Waals surface area contributed by atoms with E-state index in [9.17, 15) is 4.79 Å². The van der Waals surface area contributed by atoms with Gasteiger partial charge in [-0.05, 0) is 5.92 Å². The van der Waals surface area contributed by atoms with Crippen LogP contribution in [0, 0.1) is 5.92 Å². The van der Waals surface area contributed by atoms with E-state index in [4.69, 9.17) is 0 Å². The number of carbonyl (C=O) groups excluding carboxylic acids is 1. The third-order valence-corrected chi connectivity index (χ3v) is 1.18.